The molecule has 0 saturated carbocycles. The number of hydrogen-bond acceptors (Lipinski definition) is 7. The highest BCUT2D eigenvalue weighted by Crippen LogP contribution is 2.10. The number of rotatable bonds is 11. The van der Waals surface area contributed by atoms with Crippen LogP contribution < -0.4 is 21.7 Å². The van der Waals surface area contributed by atoms with Crippen LogP contribution in [0.2, 0.25) is 0 Å². The Kier molecular flexibility index (Phi) is 16.7. The summed E-state index contributed by atoms with van der Waals surface area (Å²) in [4.78, 5) is 36.8. The number of nitrogens with two attached hydrogens (primary N) is 1. The fourth-order valence-corrected chi connectivity index (χ4v) is 4.50. The van der Waals surface area contributed by atoms with Crippen LogP contribution in [0.3, 0.4) is 0 Å². The monoisotopic (exact) mass is 694 g/mol. The summed E-state index contributed by atoms with van der Waals surface area (Å²) in [5.74, 6) is -0.484. The average molecular weight is 695 g/mol. The third-order valence-electron chi connectivity index (χ3n) is 7.02. The highest BCUT2D eigenvalue weighted by molar-refractivity contribution is 5.86. The maximum atomic E-state index is 12.7. The molecule has 0 bridgehead atoms. The molecule has 4 aromatic rings. The van der Waals surface area contributed by atoms with Gasteiger partial charge in [-0.25, -0.2) is 4.79 Å². The van der Waals surface area contributed by atoms with Crippen molar-refractivity contribution in [3.8, 4) is 12.1 Å². The summed E-state index contributed by atoms with van der Waals surface area (Å²) < 4.78 is 5.28. The second-order valence-electron chi connectivity index (χ2n) is 12.2. The predicted molar refractivity (Wildman–Crippen MR) is 195 cm³/mol. The van der Waals surface area contributed by atoms with Crippen LogP contribution in [0.4, 0.5) is 4.79 Å². The van der Waals surface area contributed by atoms with Crippen molar-refractivity contribution in [2.75, 3.05) is 0 Å². The molecule has 0 radical (unpaired) electrons. The summed E-state index contributed by atoms with van der Waals surface area (Å²) in [6.45, 7) is 6.01. The van der Waals surface area contributed by atoms with Gasteiger partial charge in [-0.3, -0.25) is 9.59 Å². The Bertz CT molecular complexity index is 1730. The lowest BCUT2D eigenvalue weighted by atomic mass is 10.1. The van der Waals surface area contributed by atoms with Gasteiger partial charge in [0.1, 0.15) is 11.6 Å². The molecule has 5 N–H and O–H groups in total. The largest absolute Gasteiger partial charge is 0.444 e. The molecule has 0 spiro atoms. The van der Waals surface area contributed by atoms with Crippen molar-refractivity contribution in [3.05, 3.63) is 143 Å². The van der Waals surface area contributed by atoms with Crippen molar-refractivity contribution in [2.45, 2.75) is 64.4 Å². The molecule has 2 atom stereocenters. The Labute approximate surface area is 300 Å². The number of ether oxygens (including phenoxy) is 1. The minimum atomic E-state index is -0.768. The number of carbonyl (C=O) groups is 3. The maximum Gasteiger partial charge on any atom is 0.408 e. The minimum Gasteiger partial charge on any atom is -0.444 e. The summed E-state index contributed by atoms with van der Waals surface area (Å²) in [5, 5.41) is 25.9. The quantitative estimate of drug-likeness (QED) is 0.161. The van der Waals surface area contributed by atoms with Crippen LogP contribution in [0.5, 0.6) is 0 Å². The van der Waals surface area contributed by atoms with Gasteiger partial charge in [-0.2, -0.15) is 10.5 Å². The lowest BCUT2D eigenvalue weighted by Gasteiger charge is -2.23. The zero-order chi connectivity index (χ0) is 35.6. The lowest BCUT2D eigenvalue weighted by Crippen LogP contribution is -2.49. The van der Waals surface area contributed by atoms with E-state index < -0.39 is 23.8 Å². The maximum absolute atomic E-state index is 12.7. The minimum absolute atomic E-state index is 0. The van der Waals surface area contributed by atoms with Crippen molar-refractivity contribution >= 4 is 30.3 Å². The normalized spacial score (nSPS) is 11.4. The number of nitrogens with zero attached hydrogens (tertiary/aromatic N) is 2. The van der Waals surface area contributed by atoms with Crippen molar-refractivity contribution in [1.29, 1.82) is 10.5 Å². The third-order valence-corrected chi connectivity index (χ3v) is 7.02. The average Bonchev–Trinajstić information content (AvgIpc) is 3.10. The molecule has 4 rings (SSSR count). The molecule has 0 aliphatic heterocycles. The number of carbonyl (C=O) groups excluding carboxylic acids is 3. The van der Waals surface area contributed by atoms with Crippen LogP contribution in [0, 0.1) is 22.7 Å². The van der Waals surface area contributed by atoms with E-state index in [1.165, 1.54) is 0 Å². The molecule has 0 aliphatic rings. The molecule has 0 heterocycles. The first-order valence-electron chi connectivity index (χ1n) is 15.8. The van der Waals surface area contributed by atoms with Crippen molar-refractivity contribution in [2.24, 2.45) is 5.73 Å². The van der Waals surface area contributed by atoms with Crippen LogP contribution in [-0.4, -0.2) is 35.6 Å². The van der Waals surface area contributed by atoms with Gasteiger partial charge in [0.25, 0.3) is 0 Å². The molecule has 0 fully saturated rings. The van der Waals surface area contributed by atoms with Crippen LogP contribution in [0.25, 0.3) is 0 Å². The Morgan fingerprint density at radius 3 is 1.50 bits per heavy atom. The molecule has 11 heteroatoms. The molecule has 3 amide bonds. The van der Waals surface area contributed by atoms with E-state index in [2.05, 4.69) is 28.1 Å². The number of alkyl carbamates (subject to hydrolysis) is 1. The molecule has 50 heavy (non-hydrogen) atoms. The van der Waals surface area contributed by atoms with Crippen molar-refractivity contribution < 1.29 is 19.1 Å². The molecule has 0 saturated heterocycles. The molecule has 10 nitrogen and oxygen atoms in total. The summed E-state index contributed by atoms with van der Waals surface area (Å²) in [5.41, 5.74) is 10.2. The first-order chi connectivity index (χ1) is 23.5. The number of nitrogens with one attached hydrogen (secondary N) is 3. The van der Waals surface area contributed by atoms with E-state index >= 15 is 0 Å². The topological polar surface area (TPSA) is 170 Å². The van der Waals surface area contributed by atoms with Gasteiger partial charge < -0.3 is 26.4 Å². The first-order valence-corrected chi connectivity index (χ1v) is 15.8. The van der Waals surface area contributed by atoms with E-state index in [0.29, 0.717) is 37.1 Å². The van der Waals surface area contributed by atoms with E-state index in [1.54, 1.807) is 57.2 Å². The van der Waals surface area contributed by atoms with E-state index in [9.17, 15) is 14.4 Å². The third kappa shape index (κ3) is 15.0. The molecule has 4 aromatic carbocycles. The molecule has 260 valence electrons. The van der Waals surface area contributed by atoms with Crippen LogP contribution >= 0.6 is 12.4 Å². The Morgan fingerprint density at radius 1 is 0.660 bits per heavy atom. The number of hydrogen-bond donors (Lipinski definition) is 4. The van der Waals surface area contributed by atoms with Crippen LogP contribution in [-0.2, 0) is 40.3 Å². The zero-order valence-electron chi connectivity index (χ0n) is 28.4. The Morgan fingerprint density at radius 2 is 1.08 bits per heavy atom. The fraction of sp³-hybridized carbons (Fsp3) is 0.256. The molecular formula is C39H43ClN6O4. The van der Waals surface area contributed by atoms with Crippen LogP contribution in [0.1, 0.15) is 54.2 Å². The zero-order valence-corrected chi connectivity index (χ0v) is 29.2. The van der Waals surface area contributed by atoms with Gasteiger partial charge in [0, 0.05) is 19.5 Å². The van der Waals surface area contributed by atoms with Crippen LogP contribution in [0.15, 0.2) is 109 Å². The fourth-order valence-electron chi connectivity index (χ4n) is 4.50. The van der Waals surface area contributed by atoms with E-state index in [1.807, 2.05) is 72.8 Å². The molecule has 0 aromatic heterocycles. The number of benzene rings is 4. The van der Waals surface area contributed by atoms with Gasteiger partial charge in [0.2, 0.25) is 11.8 Å². The summed E-state index contributed by atoms with van der Waals surface area (Å²) in [7, 11) is 0. The molecular weight excluding hydrogens is 652 g/mol. The smallest absolute Gasteiger partial charge is 0.408 e. The van der Waals surface area contributed by atoms with Gasteiger partial charge in [-0.15, -0.1) is 12.4 Å². The Balaban J connectivity index is 0.000000353. The van der Waals surface area contributed by atoms with E-state index in [-0.39, 0.29) is 24.2 Å². The van der Waals surface area contributed by atoms with E-state index in [0.717, 1.165) is 22.3 Å². The standard InChI is InChI=1S/C22H25N3O3.C17H17N3O.ClH/c1-22(2,3)28-21(27)25-19(13-16-7-5-4-6-8-16)20(26)24-15-18-11-9-17(14-23)10-12-18;18-11-14-6-8-15(9-7-14)12-20-17(21)16(19)10-13-4-2-1-3-5-13;/h4-12,19H,13,15H2,1-3H3,(H,24,26)(H,25,27);1-9,16H,10,12,19H2,(H,20,21);1H/t19-;16-;/m00./s1. The SMILES string of the molecule is CC(C)(C)OC(=O)N[C@@H](Cc1ccccc1)C(=O)NCc1ccc(C#N)cc1.Cl.N#Cc1ccc(CNC(=O)[C@@H](N)Cc2ccccc2)cc1. The van der Waals surface area contributed by atoms with Gasteiger partial charge in [0.05, 0.1) is 29.3 Å². The lowest BCUT2D eigenvalue weighted by molar-refractivity contribution is -0.123. The van der Waals surface area contributed by atoms with Gasteiger partial charge in [-0.05, 0) is 73.7 Å². The highest BCUT2D eigenvalue weighted by atomic mass is 35.5. The van der Waals surface area contributed by atoms with Gasteiger partial charge >= 0.3 is 6.09 Å². The highest BCUT2D eigenvalue weighted by Gasteiger charge is 2.24. The summed E-state index contributed by atoms with van der Waals surface area (Å²) in [6.07, 6.45) is 0.223. The summed E-state index contributed by atoms with van der Waals surface area (Å²) in [6, 6.07) is 36.0. The van der Waals surface area contributed by atoms with Crippen molar-refractivity contribution in [3.63, 3.8) is 0 Å². The first kappa shape index (κ1) is 40.5. The molecule has 0 unspecified atom stereocenters. The number of nitriles is 2. The van der Waals surface area contributed by atoms with E-state index in [4.69, 9.17) is 21.0 Å². The van der Waals surface area contributed by atoms with Gasteiger partial charge in [-0.1, -0.05) is 84.9 Å². The molecule has 0 aliphatic carbocycles. The summed E-state index contributed by atoms with van der Waals surface area (Å²) >= 11 is 0. The second-order valence-corrected chi connectivity index (χ2v) is 12.2. The van der Waals surface area contributed by atoms with Gasteiger partial charge in [0.15, 0.2) is 0 Å². The Hall–Kier alpha value is -5.68. The number of amides is 3. The predicted octanol–water partition coefficient (Wildman–Crippen LogP) is 5.48. The van der Waals surface area contributed by atoms with Crippen molar-refractivity contribution in [1.82, 2.24) is 16.0 Å². The number of halogens is 1. The second kappa shape index (κ2) is 20.6.